The largest absolute Gasteiger partial charge is 0.243 e. The summed E-state index contributed by atoms with van der Waals surface area (Å²) >= 11 is 1.85. The van der Waals surface area contributed by atoms with Crippen molar-refractivity contribution in [3.05, 3.63) is 65.7 Å². The van der Waals surface area contributed by atoms with E-state index in [1.807, 2.05) is 49.0 Å². The number of rotatable bonds is 3. The van der Waals surface area contributed by atoms with Crippen molar-refractivity contribution in [2.24, 2.45) is 0 Å². The molecule has 5 heteroatoms. The van der Waals surface area contributed by atoms with Crippen LogP contribution in [-0.2, 0) is 10.0 Å². The molecule has 2 aromatic rings. The number of sulfonamides is 1. The summed E-state index contributed by atoms with van der Waals surface area (Å²) in [6.45, 7) is 3.11. The highest BCUT2D eigenvalue weighted by Gasteiger charge is 2.28. The van der Waals surface area contributed by atoms with Gasteiger partial charge in [-0.25, -0.2) is 8.42 Å². The summed E-state index contributed by atoms with van der Waals surface area (Å²) in [7, 11) is -3.39. The standard InChI is InChI=1S/C18H21NO2S2/c1-15-7-9-17(10-8-15)23(20,21)19-12-11-18(22-14-13-19)16-5-3-2-4-6-16/h2-10,18H,11-14H2,1H3. The number of thioether (sulfide) groups is 1. The molecule has 3 nitrogen and oxygen atoms in total. The molecule has 1 unspecified atom stereocenters. The molecule has 1 fully saturated rings. The summed E-state index contributed by atoms with van der Waals surface area (Å²) in [4.78, 5) is 0.395. The first kappa shape index (κ1) is 16.6. The molecule has 23 heavy (non-hydrogen) atoms. The number of hydrogen-bond donors (Lipinski definition) is 0. The van der Waals surface area contributed by atoms with E-state index in [1.165, 1.54) is 5.56 Å². The lowest BCUT2D eigenvalue weighted by Gasteiger charge is -2.20. The molecule has 0 saturated carbocycles. The van der Waals surface area contributed by atoms with Gasteiger partial charge in [0, 0.05) is 24.1 Å². The number of benzene rings is 2. The molecule has 3 rings (SSSR count). The first-order valence-electron chi connectivity index (χ1n) is 7.81. The van der Waals surface area contributed by atoms with Gasteiger partial charge < -0.3 is 0 Å². The first-order valence-corrected chi connectivity index (χ1v) is 10.3. The van der Waals surface area contributed by atoms with Gasteiger partial charge in [-0.3, -0.25) is 0 Å². The molecular weight excluding hydrogens is 326 g/mol. The molecule has 1 aliphatic rings. The molecule has 0 aliphatic carbocycles. The predicted molar refractivity (Wildman–Crippen MR) is 96.2 cm³/mol. The van der Waals surface area contributed by atoms with Gasteiger partial charge in [0.1, 0.15) is 0 Å². The Kier molecular flexibility index (Phi) is 5.09. The molecule has 1 saturated heterocycles. The maximum atomic E-state index is 12.8. The van der Waals surface area contributed by atoms with Gasteiger partial charge in [-0.05, 0) is 31.0 Å². The topological polar surface area (TPSA) is 37.4 Å². The highest BCUT2D eigenvalue weighted by molar-refractivity contribution is 7.99. The van der Waals surface area contributed by atoms with Crippen molar-refractivity contribution in [3.63, 3.8) is 0 Å². The Morgan fingerprint density at radius 2 is 1.70 bits per heavy atom. The van der Waals surface area contributed by atoms with Crippen LogP contribution in [0.2, 0.25) is 0 Å². The molecule has 0 aromatic heterocycles. The Balaban J connectivity index is 1.76. The Hall–Kier alpha value is -1.30. The van der Waals surface area contributed by atoms with E-state index in [1.54, 1.807) is 16.4 Å². The van der Waals surface area contributed by atoms with Crippen LogP contribution in [0.3, 0.4) is 0 Å². The second kappa shape index (κ2) is 7.07. The lowest BCUT2D eigenvalue weighted by atomic mass is 10.1. The summed E-state index contributed by atoms with van der Waals surface area (Å²) < 4.78 is 27.3. The molecule has 1 heterocycles. The smallest absolute Gasteiger partial charge is 0.207 e. The maximum Gasteiger partial charge on any atom is 0.243 e. The summed E-state index contributed by atoms with van der Waals surface area (Å²) in [5, 5.41) is 0.370. The molecule has 2 aromatic carbocycles. The second-order valence-electron chi connectivity index (χ2n) is 5.78. The first-order chi connectivity index (χ1) is 11.1. The van der Waals surface area contributed by atoms with Gasteiger partial charge in [-0.1, -0.05) is 48.0 Å². The Bertz CT molecular complexity index is 742. The summed E-state index contributed by atoms with van der Waals surface area (Å²) in [6, 6.07) is 17.5. The van der Waals surface area contributed by atoms with Crippen molar-refractivity contribution >= 4 is 21.8 Å². The quantitative estimate of drug-likeness (QED) is 0.846. The molecule has 0 N–H and O–H groups in total. The molecule has 0 spiro atoms. The van der Waals surface area contributed by atoms with Crippen LogP contribution in [0.15, 0.2) is 59.5 Å². The summed E-state index contributed by atoms with van der Waals surface area (Å²) in [5.74, 6) is 0.824. The molecular formula is C18H21NO2S2. The van der Waals surface area contributed by atoms with Crippen molar-refractivity contribution in [2.45, 2.75) is 23.5 Å². The normalized spacial score (nSPS) is 20.1. The maximum absolute atomic E-state index is 12.8. The number of hydrogen-bond acceptors (Lipinski definition) is 3. The zero-order valence-electron chi connectivity index (χ0n) is 13.2. The third-order valence-electron chi connectivity index (χ3n) is 4.13. The van der Waals surface area contributed by atoms with Gasteiger partial charge >= 0.3 is 0 Å². The molecule has 0 bridgehead atoms. The summed E-state index contributed by atoms with van der Waals surface area (Å²) in [5.41, 5.74) is 2.35. The minimum absolute atomic E-state index is 0.370. The monoisotopic (exact) mass is 347 g/mol. The zero-order chi connectivity index (χ0) is 16.3. The van der Waals surface area contributed by atoms with Crippen LogP contribution in [0.1, 0.15) is 22.8 Å². The van der Waals surface area contributed by atoms with Gasteiger partial charge in [0.2, 0.25) is 10.0 Å². The van der Waals surface area contributed by atoms with Gasteiger partial charge in [0.15, 0.2) is 0 Å². The minimum Gasteiger partial charge on any atom is -0.207 e. The van der Waals surface area contributed by atoms with Crippen LogP contribution in [-0.4, -0.2) is 31.6 Å². The average molecular weight is 348 g/mol. The molecule has 122 valence electrons. The minimum atomic E-state index is -3.39. The van der Waals surface area contributed by atoms with Crippen LogP contribution >= 0.6 is 11.8 Å². The molecule has 0 radical (unpaired) electrons. The highest BCUT2D eigenvalue weighted by Crippen LogP contribution is 2.35. The van der Waals surface area contributed by atoms with E-state index in [2.05, 4.69) is 12.1 Å². The zero-order valence-corrected chi connectivity index (χ0v) is 14.8. The molecule has 1 atom stereocenters. The van der Waals surface area contributed by atoms with E-state index < -0.39 is 10.0 Å². The highest BCUT2D eigenvalue weighted by atomic mass is 32.2. The van der Waals surface area contributed by atoms with E-state index in [0.717, 1.165) is 17.7 Å². The van der Waals surface area contributed by atoms with Gasteiger partial charge in [0.05, 0.1) is 4.90 Å². The van der Waals surface area contributed by atoms with Crippen LogP contribution in [0.5, 0.6) is 0 Å². The van der Waals surface area contributed by atoms with E-state index in [0.29, 0.717) is 23.2 Å². The van der Waals surface area contributed by atoms with Crippen LogP contribution in [0.4, 0.5) is 0 Å². The van der Waals surface area contributed by atoms with E-state index in [4.69, 9.17) is 0 Å². The van der Waals surface area contributed by atoms with Crippen molar-refractivity contribution in [2.75, 3.05) is 18.8 Å². The Labute approximate surface area is 142 Å². The van der Waals surface area contributed by atoms with Gasteiger partial charge in [0.25, 0.3) is 0 Å². The number of aryl methyl sites for hydroxylation is 1. The van der Waals surface area contributed by atoms with Crippen molar-refractivity contribution < 1.29 is 8.42 Å². The van der Waals surface area contributed by atoms with E-state index >= 15 is 0 Å². The fourth-order valence-corrected chi connectivity index (χ4v) is 5.59. The predicted octanol–water partition coefficient (Wildman–Crippen LogP) is 3.86. The van der Waals surface area contributed by atoms with Crippen LogP contribution in [0.25, 0.3) is 0 Å². The third kappa shape index (κ3) is 3.79. The number of nitrogens with zero attached hydrogens (tertiary/aromatic N) is 1. The average Bonchev–Trinajstić information content (AvgIpc) is 2.83. The van der Waals surface area contributed by atoms with Crippen LogP contribution < -0.4 is 0 Å². The van der Waals surface area contributed by atoms with Gasteiger partial charge in [-0.2, -0.15) is 16.1 Å². The lowest BCUT2D eigenvalue weighted by molar-refractivity contribution is 0.428. The molecule has 0 amide bonds. The third-order valence-corrected chi connectivity index (χ3v) is 7.37. The summed E-state index contributed by atoms with van der Waals surface area (Å²) in [6.07, 6.45) is 0.847. The van der Waals surface area contributed by atoms with E-state index in [9.17, 15) is 8.42 Å². The van der Waals surface area contributed by atoms with Crippen LogP contribution in [0, 0.1) is 6.92 Å². The SMILES string of the molecule is Cc1ccc(S(=O)(=O)N2CCSC(c3ccccc3)CC2)cc1. The fraction of sp³-hybridized carbons (Fsp3) is 0.333. The fourth-order valence-electron chi connectivity index (χ4n) is 2.78. The van der Waals surface area contributed by atoms with E-state index in [-0.39, 0.29) is 0 Å². The Morgan fingerprint density at radius 1 is 1.00 bits per heavy atom. The lowest BCUT2D eigenvalue weighted by Crippen LogP contribution is -2.33. The van der Waals surface area contributed by atoms with Crippen molar-refractivity contribution in [1.29, 1.82) is 0 Å². The van der Waals surface area contributed by atoms with Crippen molar-refractivity contribution in [1.82, 2.24) is 4.31 Å². The second-order valence-corrected chi connectivity index (χ2v) is 9.02. The molecule has 1 aliphatic heterocycles. The van der Waals surface area contributed by atoms with Gasteiger partial charge in [-0.15, -0.1) is 0 Å². The Morgan fingerprint density at radius 3 is 2.39 bits per heavy atom. The van der Waals surface area contributed by atoms with Crippen molar-refractivity contribution in [3.8, 4) is 0 Å².